The van der Waals surface area contributed by atoms with Crippen LogP contribution in [0.3, 0.4) is 0 Å². The molecule has 6 nitrogen and oxygen atoms in total. The average molecular weight is 185 g/mol. The Morgan fingerprint density at radius 3 is 2.38 bits per heavy atom. The summed E-state index contributed by atoms with van der Waals surface area (Å²) in [6.45, 7) is 2.69. The highest BCUT2D eigenvalue weighted by molar-refractivity contribution is 6.01. The Morgan fingerprint density at radius 2 is 1.92 bits per heavy atom. The zero-order chi connectivity index (χ0) is 10.3. The highest BCUT2D eigenvalue weighted by Crippen LogP contribution is 1.69. The molecule has 0 aromatic carbocycles. The molecule has 3 amide bonds. The van der Waals surface area contributed by atoms with Gasteiger partial charge in [0.15, 0.2) is 0 Å². The highest BCUT2D eigenvalue weighted by atomic mass is 16.2. The number of nitrogens with two attached hydrogens (primary N) is 1. The minimum Gasteiger partial charge on any atom is -0.346 e. The Bertz CT molecular complexity index is 237. The van der Waals surface area contributed by atoms with E-state index in [1.807, 2.05) is 5.32 Å². The standard InChI is InChI=1S/C7H11N3O3/c1-2-5(11)10-7(13)4-9-6(12)3-8/h2H,1,3-4,8H2,(H,9,12)(H,10,11,13). The lowest BCUT2D eigenvalue weighted by Crippen LogP contribution is -2.41. The second-order valence-corrected chi connectivity index (χ2v) is 2.10. The third-order valence-electron chi connectivity index (χ3n) is 1.08. The Balaban J connectivity index is 3.69. The molecule has 0 aromatic heterocycles. The van der Waals surface area contributed by atoms with Crippen LogP contribution in [0.25, 0.3) is 0 Å². The van der Waals surface area contributed by atoms with Crippen molar-refractivity contribution >= 4 is 17.7 Å². The minimum absolute atomic E-state index is 0.192. The Morgan fingerprint density at radius 1 is 1.31 bits per heavy atom. The summed E-state index contributed by atoms with van der Waals surface area (Å²) in [5.41, 5.74) is 4.96. The van der Waals surface area contributed by atoms with Gasteiger partial charge >= 0.3 is 0 Å². The molecule has 0 atom stereocenters. The number of imide groups is 1. The van der Waals surface area contributed by atoms with E-state index >= 15 is 0 Å². The van der Waals surface area contributed by atoms with Crippen LogP contribution in [0.5, 0.6) is 0 Å². The molecular weight excluding hydrogens is 174 g/mol. The van der Waals surface area contributed by atoms with Crippen LogP contribution in [0, 0.1) is 0 Å². The van der Waals surface area contributed by atoms with E-state index in [4.69, 9.17) is 5.73 Å². The van der Waals surface area contributed by atoms with Gasteiger partial charge in [-0.05, 0) is 6.08 Å². The van der Waals surface area contributed by atoms with Crippen molar-refractivity contribution in [2.75, 3.05) is 13.1 Å². The van der Waals surface area contributed by atoms with Gasteiger partial charge in [0.25, 0.3) is 0 Å². The van der Waals surface area contributed by atoms with E-state index in [1.165, 1.54) is 0 Å². The van der Waals surface area contributed by atoms with Crippen molar-refractivity contribution in [3.63, 3.8) is 0 Å². The van der Waals surface area contributed by atoms with Gasteiger partial charge in [-0.15, -0.1) is 0 Å². The maximum Gasteiger partial charge on any atom is 0.249 e. The summed E-state index contributed by atoms with van der Waals surface area (Å²) in [6.07, 6.45) is 0.961. The number of amides is 3. The van der Waals surface area contributed by atoms with Crippen LogP contribution in [0.4, 0.5) is 0 Å². The summed E-state index contributed by atoms with van der Waals surface area (Å²) in [5, 5.41) is 4.16. The van der Waals surface area contributed by atoms with E-state index in [0.717, 1.165) is 6.08 Å². The predicted octanol–water partition coefficient (Wildman–Crippen LogP) is -2.11. The quantitative estimate of drug-likeness (QED) is 0.436. The van der Waals surface area contributed by atoms with Crippen LogP contribution in [0.2, 0.25) is 0 Å². The van der Waals surface area contributed by atoms with Gasteiger partial charge in [-0.3, -0.25) is 19.7 Å². The van der Waals surface area contributed by atoms with Crippen LogP contribution in [-0.4, -0.2) is 30.8 Å². The summed E-state index contributed by atoms with van der Waals surface area (Å²) in [7, 11) is 0. The van der Waals surface area contributed by atoms with Crippen LogP contribution in [0.15, 0.2) is 12.7 Å². The number of hydrogen-bond acceptors (Lipinski definition) is 4. The maximum atomic E-state index is 10.8. The van der Waals surface area contributed by atoms with Crippen molar-refractivity contribution < 1.29 is 14.4 Å². The molecule has 6 heteroatoms. The van der Waals surface area contributed by atoms with Crippen molar-refractivity contribution in [3.8, 4) is 0 Å². The fourth-order valence-corrected chi connectivity index (χ4v) is 0.484. The molecule has 0 bridgehead atoms. The first kappa shape index (κ1) is 11.3. The summed E-state index contributed by atoms with van der Waals surface area (Å²) < 4.78 is 0. The summed E-state index contributed by atoms with van der Waals surface area (Å²) in [4.78, 5) is 31.9. The number of carbonyl (C=O) groups is 3. The second kappa shape index (κ2) is 5.90. The molecule has 0 fully saturated rings. The Hall–Kier alpha value is -1.69. The molecule has 0 heterocycles. The highest BCUT2D eigenvalue weighted by Gasteiger charge is 2.05. The summed E-state index contributed by atoms with van der Waals surface area (Å²) in [5.74, 6) is -1.67. The first-order valence-corrected chi connectivity index (χ1v) is 3.53. The molecule has 0 unspecified atom stereocenters. The van der Waals surface area contributed by atoms with Crippen molar-refractivity contribution in [1.29, 1.82) is 0 Å². The van der Waals surface area contributed by atoms with Gasteiger partial charge in [-0.1, -0.05) is 6.58 Å². The van der Waals surface area contributed by atoms with E-state index in [9.17, 15) is 14.4 Å². The first-order valence-electron chi connectivity index (χ1n) is 3.53. The van der Waals surface area contributed by atoms with E-state index in [1.54, 1.807) is 0 Å². The molecule has 0 aliphatic carbocycles. The lowest BCUT2D eigenvalue weighted by molar-refractivity contribution is -0.129. The summed E-state index contributed by atoms with van der Waals surface area (Å²) in [6, 6.07) is 0. The Labute approximate surface area is 75.2 Å². The van der Waals surface area contributed by atoms with Gasteiger partial charge in [-0.2, -0.15) is 0 Å². The number of rotatable bonds is 4. The van der Waals surface area contributed by atoms with E-state index < -0.39 is 17.7 Å². The first-order chi connectivity index (χ1) is 6.10. The fraction of sp³-hybridized carbons (Fsp3) is 0.286. The predicted molar refractivity (Wildman–Crippen MR) is 45.4 cm³/mol. The van der Waals surface area contributed by atoms with E-state index in [-0.39, 0.29) is 13.1 Å². The third-order valence-corrected chi connectivity index (χ3v) is 1.08. The zero-order valence-electron chi connectivity index (χ0n) is 7.00. The molecule has 4 N–H and O–H groups in total. The molecule has 0 spiro atoms. The van der Waals surface area contributed by atoms with Gasteiger partial charge in [0, 0.05) is 0 Å². The molecule has 13 heavy (non-hydrogen) atoms. The minimum atomic E-state index is -0.605. The number of hydrogen-bond donors (Lipinski definition) is 3. The van der Waals surface area contributed by atoms with Gasteiger partial charge in [0.1, 0.15) is 0 Å². The molecular formula is C7H11N3O3. The largest absolute Gasteiger partial charge is 0.346 e. The molecule has 72 valence electrons. The van der Waals surface area contributed by atoms with Crippen LogP contribution < -0.4 is 16.4 Å². The molecule has 0 saturated carbocycles. The van der Waals surface area contributed by atoms with Gasteiger partial charge in [0.05, 0.1) is 13.1 Å². The smallest absolute Gasteiger partial charge is 0.249 e. The van der Waals surface area contributed by atoms with Gasteiger partial charge in [-0.25, -0.2) is 0 Å². The molecule has 0 aliphatic heterocycles. The number of carbonyl (C=O) groups excluding carboxylic acids is 3. The molecule has 0 aliphatic rings. The fourth-order valence-electron chi connectivity index (χ4n) is 0.484. The lowest BCUT2D eigenvalue weighted by Gasteiger charge is -2.02. The van der Waals surface area contributed by atoms with E-state index in [2.05, 4.69) is 11.9 Å². The van der Waals surface area contributed by atoms with Gasteiger partial charge < -0.3 is 11.1 Å². The Kier molecular flexibility index (Phi) is 5.13. The lowest BCUT2D eigenvalue weighted by atomic mass is 10.5. The zero-order valence-corrected chi connectivity index (χ0v) is 7.00. The normalized spacial score (nSPS) is 8.69. The monoisotopic (exact) mass is 185 g/mol. The van der Waals surface area contributed by atoms with Crippen molar-refractivity contribution in [2.24, 2.45) is 5.73 Å². The second-order valence-electron chi connectivity index (χ2n) is 2.10. The van der Waals surface area contributed by atoms with E-state index in [0.29, 0.717) is 0 Å². The topological polar surface area (TPSA) is 101 Å². The number of nitrogens with one attached hydrogen (secondary N) is 2. The maximum absolute atomic E-state index is 10.8. The molecule has 0 rings (SSSR count). The average Bonchev–Trinajstić information content (AvgIpc) is 2.13. The molecule has 0 aromatic rings. The van der Waals surface area contributed by atoms with Crippen molar-refractivity contribution in [1.82, 2.24) is 10.6 Å². The summed E-state index contributed by atoms with van der Waals surface area (Å²) >= 11 is 0. The molecule has 0 radical (unpaired) electrons. The van der Waals surface area contributed by atoms with Crippen LogP contribution in [-0.2, 0) is 14.4 Å². The third kappa shape index (κ3) is 5.57. The van der Waals surface area contributed by atoms with Crippen LogP contribution >= 0.6 is 0 Å². The van der Waals surface area contributed by atoms with Gasteiger partial charge in [0.2, 0.25) is 17.7 Å². The molecule has 0 saturated heterocycles. The van der Waals surface area contributed by atoms with Crippen molar-refractivity contribution in [3.05, 3.63) is 12.7 Å². The SMILES string of the molecule is C=CC(=O)NC(=O)CNC(=O)CN. The van der Waals surface area contributed by atoms with Crippen molar-refractivity contribution in [2.45, 2.75) is 0 Å². The van der Waals surface area contributed by atoms with Crippen LogP contribution in [0.1, 0.15) is 0 Å².